The Morgan fingerprint density at radius 2 is 2.22 bits per heavy atom. The summed E-state index contributed by atoms with van der Waals surface area (Å²) in [7, 11) is 0. The van der Waals surface area contributed by atoms with Gasteiger partial charge in [0.25, 0.3) is 5.91 Å². The van der Waals surface area contributed by atoms with Crippen molar-refractivity contribution in [2.75, 3.05) is 13.2 Å². The number of hydrogen-bond acceptors (Lipinski definition) is 3. The molecule has 1 aliphatic heterocycles. The lowest BCUT2D eigenvalue weighted by Crippen LogP contribution is -2.54. The minimum atomic E-state index is -0.703. The average Bonchev–Trinajstić information content (AvgIpc) is 2.75. The van der Waals surface area contributed by atoms with E-state index < -0.39 is 5.54 Å². The maximum absolute atomic E-state index is 12.8. The summed E-state index contributed by atoms with van der Waals surface area (Å²) in [5.74, 6) is 0.696. The molecule has 1 aromatic rings. The Balaban J connectivity index is 1.62. The summed E-state index contributed by atoms with van der Waals surface area (Å²) >= 11 is 5.90. The fourth-order valence-electron chi connectivity index (χ4n) is 3.51. The lowest BCUT2D eigenvalue weighted by molar-refractivity contribution is -0.134. The Labute approximate surface area is 140 Å². The van der Waals surface area contributed by atoms with Crippen LogP contribution in [-0.2, 0) is 4.79 Å². The van der Waals surface area contributed by atoms with Gasteiger partial charge in [-0.2, -0.15) is 0 Å². The van der Waals surface area contributed by atoms with Crippen LogP contribution in [0.15, 0.2) is 24.3 Å². The van der Waals surface area contributed by atoms with Crippen LogP contribution in [0.4, 0.5) is 4.79 Å². The van der Waals surface area contributed by atoms with E-state index in [0.29, 0.717) is 10.8 Å². The fourth-order valence-corrected chi connectivity index (χ4v) is 3.69. The zero-order chi connectivity index (χ0) is 16.4. The Bertz CT molecular complexity index is 622. The number of ether oxygens (including phenoxy) is 1. The zero-order valence-corrected chi connectivity index (χ0v) is 13.9. The van der Waals surface area contributed by atoms with Crippen LogP contribution in [0.25, 0.3) is 0 Å². The lowest BCUT2D eigenvalue weighted by atomic mass is 9.73. The Hall–Kier alpha value is -1.75. The van der Waals surface area contributed by atoms with E-state index in [2.05, 4.69) is 5.32 Å². The van der Waals surface area contributed by atoms with Gasteiger partial charge in [-0.1, -0.05) is 37.4 Å². The lowest BCUT2D eigenvalue weighted by Gasteiger charge is -2.36. The summed E-state index contributed by atoms with van der Waals surface area (Å²) in [6.45, 7) is 2.54. The number of hydrogen-bond donors (Lipinski definition) is 1. The van der Waals surface area contributed by atoms with Gasteiger partial charge in [-0.15, -0.1) is 0 Å². The van der Waals surface area contributed by atoms with E-state index in [4.69, 9.17) is 16.3 Å². The molecule has 1 aliphatic carbocycles. The zero-order valence-electron chi connectivity index (χ0n) is 13.2. The normalized spacial score (nSPS) is 27.4. The molecule has 5 nitrogen and oxygen atoms in total. The van der Waals surface area contributed by atoms with Crippen LogP contribution in [0, 0.1) is 5.92 Å². The third-order valence-corrected chi connectivity index (χ3v) is 5.12. The SMILES string of the molecule is CC1CCCCC12NC(=O)N(CCOc1cccc(Cl)c1)C2=O. The van der Waals surface area contributed by atoms with Crippen molar-refractivity contribution in [1.29, 1.82) is 0 Å². The molecule has 3 rings (SSSR count). The van der Waals surface area contributed by atoms with Gasteiger partial charge in [-0.05, 0) is 37.0 Å². The van der Waals surface area contributed by atoms with Crippen molar-refractivity contribution in [3.8, 4) is 5.75 Å². The molecular weight excluding hydrogens is 316 g/mol. The minimum absolute atomic E-state index is 0.107. The van der Waals surface area contributed by atoms with Gasteiger partial charge in [-0.25, -0.2) is 4.79 Å². The van der Waals surface area contributed by atoms with Crippen LogP contribution >= 0.6 is 11.6 Å². The first-order valence-corrected chi connectivity index (χ1v) is 8.43. The molecule has 1 N–H and O–H groups in total. The third kappa shape index (κ3) is 3.02. The summed E-state index contributed by atoms with van der Waals surface area (Å²) in [6.07, 6.45) is 3.79. The molecule has 0 aromatic heterocycles. The second kappa shape index (κ2) is 6.40. The molecule has 1 saturated carbocycles. The third-order valence-electron chi connectivity index (χ3n) is 4.88. The van der Waals surface area contributed by atoms with E-state index in [9.17, 15) is 9.59 Å². The molecule has 23 heavy (non-hydrogen) atoms. The summed E-state index contributed by atoms with van der Waals surface area (Å²) in [5, 5.41) is 3.53. The highest BCUT2D eigenvalue weighted by Gasteiger charge is 2.54. The van der Waals surface area contributed by atoms with E-state index in [1.807, 2.05) is 6.92 Å². The maximum Gasteiger partial charge on any atom is 0.325 e. The number of nitrogens with one attached hydrogen (secondary N) is 1. The van der Waals surface area contributed by atoms with Crippen LogP contribution < -0.4 is 10.1 Å². The number of benzene rings is 1. The second-order valence-corrected chi connectivity index (χ2v) is 6.75. The molecule has 1 saturated heterocycles. The van der Waals surface area contributed by atoms with E-state index in [1.165, 1.54) is 4.90 Å². The van der Waals surface area contributed by atoms with Crippen molar-refractivity contribution in [2.24, 2.45) is 5.92 Å². The molecule has 2 aliphatic rings. The topological polar surface area (TPSA) is 58.6 Å². The van der Waals surface area contributed by atoms with Gasteiger partial charge in [0.15, 0.2) is 0 Å². The van der Waals surface area contributed by atoms with E-state index in [-0.39, 0.29) is 31.0 Å². The van der Waals surface area contributed by atoms with Crippen LogP contribution in [0.1, 0.15) is 32.6 Å². The number of carbonyl (C=O) groups is 2. The first-order valence-electron chi connectivity index (χ1n) is 8.05. The molecular formula is C17H21ClN2O3. The van der Waals surface area contributed by atoms with Gasteiger partial charge in [0, 0.05) is 5.02 Å². The van der Waals surface area contributed by atoms with Crippen molar-refractivity contribution < 1.29 is 14.3 Å². The van der Waals surface area contributed by atoms with Crippen LogP contribution in [0.3, 0.4) is 0 Å². The van der Waals surface area contributed by atoms with Crippen molar-refractivity contribution >= 4 is 23.5 Å². The molecule has 1 spiro atoms. The highest BCUT2D eigenvalue weighted by molar-refractivity contribution is 6.30. The maximum atomic E-state index is 12.8. The Kier molecular flexibility index (Phi) is 4.48. The summed E-state index contributed by atoms with van der Waals surface area (Å²) in [5.41, 5.74) is -0.703. The van der Waals surface area contributed by atoms with E-state index in [1.54, 1.807) is 24.3 Å². The summed E-state index contributed by atoms with van der Waals surface area (Å²) in [4.78, 5) is 26.3. The minimum Gasteiger partial charge on any atom is -0.492 e. The molecule has 6 heteroatoms. The molecule has 3 amide bonds. The molecule has 0 bridgehead atoms. The van der Waals surface area contributed by atoms with Gasteiger partial charge in [-0.3, -0.25) is 9.69 Å². The highest BCUT2D eigenvalue weighted by Crippen LogP contribution is 2.38. The van der Waals surface area contributed by atoms with Gasteiger partial charge in [0.1, 0.15) is 17.9 Å². The smallest absolute Gasteiger partial charge is 0.325 e. The van der Waals surface area contributed by atoms with Crippen LogP contribution in [0.2, 0.25) is 5.02 Å². The largest absolute Gasteiger partial charge is 0.492 e. The molecule has 1 aromatic carbocycles. The average molecular weight is 337 g/mol. The van der Waals surface area contributed by atoms with Gasteiger partial charge in [0.2, 0.25) is 0 Å². The van der Waals surface area contributed by atoms with E-state index in [0.717, 1.165) is 25.7 Å². The molecule has 2 fully saturated rings. The van der Waals surface area contributed by atoms with Crippen LogP contribution in [-0.4, -0.2) is 35.5 Å². The molecule has 1 heterocycles. The summed E-state index contributed by atoms with van der Waals surface area (Å²) in [6, 6.07) is 6.75. The van der Waals surface area contributed by atoms with Gasteiger partial charge >= 0.3 is 6.03 Å². The first kappa shape index (κ1) is 16.1. The monoisotopic (exact) mass is 336 g/mol. The standard InChI is InChI=1S/C17H21ClN2O3/c1-12-5-2-3-8-17(12)15(21)20(16(22)19-17)9-10-23-14-7-4-6-13(18)11-14/h4,6-7,11-12H,2-3,5,8-10H2,1H3,(H,19,22). The number of rotatable bonds is 4. The van der Waals surface area contributed by atoms with Gasteiger partial charge < -0.3 is 10.1 Å². The quantitative estimate of drug-likeness (QED) is 0.859. The van der Waals surface area contributed by atoms with Crippen molar-refractivity contribution in [2.45, 2.75) is 38.1 Å². The van der Waals surface area contributed by atoms with Crippen molar-refractivity contribution in [3.63, 3.8) is 0 Å². The Morgan fingerprint density at radius 1 is 1.39 bits per heavy atom. The van der Waals surface area contributed by atoms with Crippen molar-refractivity contribution in [3.05, 3.63) is 29.3 Å². The Morgan fingerprint density at radius 3 is 2.96 bits per heavy atom. The van der Waals surface area contributed by atoms with E-state index >= 15 is 0 Å². The number of imide groups is 1. The number of amides is 3. The predicted molar refractivity (Wildman–Crippen MR) is 87.6 cm³/mol. The molecule has 124 valence electrons. The number of halogens is 1. The van der Waals surface area contributed by atoms with Crippen molar-refractivity contribution in [1.82, 2.24) is 10.2 Å². The number of nitrogens with zero attached hydrogens (tertiary/aromatic N) is 1. The number of carbonyl (C=O) groups excluding carboxylic acids is 2. The van der Waals surface area contributed by atoms with Crippen LogP contribution in [0.5, 0.6) is 5.75 Å². The molecule has 2 unspecified atom stereocenters. The second-order valence-electron chi connectivity index (χ2n) is 6.31. The predicted octanol–water partition coefficient (Wildman–Crippen LogP) is 3.22. The highest BCUT2D eigenvalue weighted by atomic mass is 35.5. The molecule has 2 atom stereocenters. The first-order chi connectivity index (χ1) is 11.0. The molecule has 0 radical (unpaired) electrons. The summed E-state index contributed by atoms with van der Waals surface area (Å²) < 4.78 is 5.59. The fraction of sp³-hybridized carbons (Fsp3) is 0.529. The number of urea groups is 1. The van der Waals surface area contributed by atoms with Gasteiger partial charge in [0.05, 0.1) is 6.54 Å².